The van der Waals surface area contributed by atoms with Gasteiger partial charge in [-0.3, -0.25) is 9.59 Å². The van der Waals surface area contributed by atoms with Gasteiger partial charge < -0.3 is 4.74 Å². The lowest BCUT2D eigenvalue weighted by molar-refractivity contribution is -0.143. The standard InChI is InChI=1S/C14H17BrO3/c1-3-18-14(17)6-4-5-13(16)11-7-10(2)8-12(15)9-11/h7-9H,3-6H2,1-2H3. The van der Waals surface area contributed by atoms with Gasteiger partial charge in [-0.05, 0) is 44.0 Å². The molecule has 0 atom stereocenters. The predicted octanol–water partition coefficient (Wildman–Crippen LogP) is 3.67. The third-order valence-corrected chi connectivity index (χ3v) is 2.91. The van der Waals surface area contributed by atoms with Crippen LogP contribution in [-0.4, -0.2) is 18.4 Å². The predicted molar refractivity (Wildman–Crippen MR) is 73.7 cm³/mol. The van der Waals surface area contributed by atoms with Crippen LogP contribution in [0.3, 0.4) is 0 Å². The number of aryl methyl sites for hydroxylation is 1. The molecule has 0 unspecified atom stereocenters. The van der Waals surface area contributed by atoms with Crippen LogP contribution < -0.4 is 0 Å². The van der Waals surface area contributed by atoms with Crippen molar-refractivity contribution in [3.8, 4) is 0 Å². The van der Waals surface area contributed by atoms with Crippen LogP contribution in [0.5, 0.6) is 0 Å². The molecule has 0 amide bonds. The maximum absolute atomic E-state index is 11.9. The first kappa shape index (κ1) is 14.9. The van der Waals surface area contributed by atoms with Gasteiger partial charge in [0, 0.05) is 22.9 Å². The highest BCUT2D eigenvalue weighted by molar-refractivity contribution is 9.10. The van der Waals surface area contributed by atoms with E-state index in [1.807, 2.05) is 19.1 Å². The number of esters is 1. The molecule has 0 heterocycles. The summed E-state index contributed by atoms with van der Waals surface area (Å²) in [6.07, 6.45) is 1.20. The molecule has 3 nitrogen and oxygen atoms in total. The second kappa shape index (κ2) is 7.31. The number of hydrogen-bond acceptors (Lipinski definition) is 3. The molecule has 1 aromatic carbocycles. The van der Waals surface area contributed by atoms with E-state index in [1.54, 1.807) is 13.0 Å². The first-order valence-electron chi connectivity index (χ1n) is 5.99. The number of benzene rings is 1. The molecule has 4 heteroatoms. The summed E-state index contributed by atoms with van der Waals surface area (Å²) in [6, 6.07) is 5.62. The quantitative estimate of drug-likeness (QED) is 0.594. The number of halogens is 1. The maximum Gasteiger partial charge on any atom is 0.305 e. The lowest BCUT2D eigenvalue weighted by Crippen LogP contribution is -2.06. The normalized spacial score (nSPS) is 10.2. The van der Waals surface area contributed by atoms with Crippen molar-refractivity contribution in [3.05, 3.63) is 33.8 Å². The van der Waals surface area contributed by atoms with E-state index >= 15 is 0 Å². The number of Topliss-reactive ketones (excluding diaryl/α,β-unsaturated/α-hetero) is 1. The molecule has 98 valence electrons. The largest absolute Gasteiger partial charge is 0.466 e. The van der Waals surface area contributed by atoms with E-state index in [-0.39, 0.29) is 11.8 Å². The van der Waals surface area contributed by atoms with Gasteiger partial charge >= 0.3 is 5.97 Å². The fourth-order valence-electron chi connectivity index (χ4n) is 1.67. The Morgan fingerprint density at radius 1 is 1.22 bits per heavy atom. The van der Waals surface area contributed by atoms with E-state index in [2.05, 4.69) is 15.9 Å². The molecule has 0 radical (unpaired) electrons. The van der Waals surface area contributed by atoms with E-state index in [4.69, 9.17) is 4.74 Å². The molecule has 1 aromatic rings. The van der Waals surface area contributed by atoms with Crippen LogP contribution in [0, 0.1) is 6.92 Å². The Hall–Kier alpha value is -1.16. The molecule has 0 fully saturated rings. The minimum atomic E-state index is -0.240. The third-order valence-electron chi connectivity index (χ3n) is 2.45. The Bertz CT molecular complexity index is 420. The molecule has 0 aliphatic heterocycles. The SMILES string of the molecule is CCOC(=O)CCCC(=O)c1cc(C)cc(Br)c1. The third kappa shape index (κ3) is 5.00. The molecular formula is C14H17BrO3. The van der Waals surface area contributed by atoms with E-state index in [9.17, 15) is 9.59 Å². The van der Waals surface area contributed by atoms with Crippen LogP contribution in [0.25, 0.3) is 0 Å². The van der Waals surface area contributed by atoms with Gasteiger partial charge in [0.2, 0.25) is 0 Å². The summed E-state index contributed by atoms with van der Waals surface area (Å²) in [6.45, 7) is 4.10. The van der Waals surface area contributed by atoms with Crippen molar-refractivity contribution in [2.45, 2.75) is 33.1 Å². The molecule has 0 saturated carbocycles. The van der Waals surface area contributed by atoms with Crippen LogP contribution in [0.15, 0.2) is 22.7 Å². The summed E-state index contributed by atoms with van der Waals surface area (Å²) >= 11 is 3.37. The van der Waals surface area contributed by atoms with Gasteiger partial charge in [0.25, 0.3) is 0 Å². The van der Waals surface area contributed by atoms with Crippen molar-refractivity contribution >= 4 is 27.7 Å². The summed E-state index contributed by atoms with van der Waals surface area (Å²) in [5, 5.41) is 0. The zero-order valence-electron chi connectivity index (χ0n) is 10.7. The number of ether oxygens (including phenoxy) is 1. The highest BCUT2D eigenvalue weighted by atomic mass is 79.9. The van der Waals surface area contributed by atoms with Gasteiger partial charge in [0.1, 0.15) is 0 Å². The Kier molecular flexibility index (Phi) is 6.05. The molecule has 0 N–H and O–H groups in total. The Balaban J connectivity index is 2.48. The number of carbonyl (C=O) groups excluding carboxylic acids is 2. The summed E-state index contributed by atoms with van der Waals surface area (Å²) < 4.78 is 5.71. The Labute approximate surface area is 116 Å². The fraction of sp³-hybridized carbons (Fsp3) is 0.429. The van der Waals surface area contributed by atoms with Crippen molar-refractivity contribution in [2.75, 3.05) is 6.61 Å². The van der Waals surface area contributed by atoms with Crippen molar-refractivity contribution in [3.63, 3.8) is 0 Å². The zero-order chi connectivity index (χ0) is 13.5. The number of carbonyl (C=O) groups is 2. The highest BCUT2D eigenvalue weighted by Crippen LogP contribution is 2.17. The number of ketones is 1. The average molecular weight is 313 g/mol. The second-order valence-corrected chi connectivity index (χ2v) is 5.01. The fourth-order valence-corrected chi connectivity index (χ4v) is 2.28. The second-order valence-electron chi connectivity index (χ2n) is 4.10. The van der Waals surface area contributed by atoms with Gasteiger partial charge in [-0.15, -0.1) is 0 Å². The molecule has 18 heavy (non-hydrogen) atoms. The summed E-state index contributed by atoms with van der Waals surface area (Å²) in [5.74, 6) is -0.181. The van der Waals surface area contributed by atoms with Gasteiger partial charge in [-0.2, -0.15) is 0 Å². The van der Waals surface area contributed by atoms with Gasteiger partial charge in [-0.25, -0.2) is 0 Å². The average Bonchev–Trinajstić information content (AvgIpc) is 2.27. The van der Waals surface area contributed by atoms with E-state index in [0.29, 0.717) is 31.4 Å². The highest BCUT2D eigenvalue weighted by Gasteiger charge is 2.09. The van der Waals surface area contributed by atoms with Crippen molar-refractivity contribution in [1.29, 1.82) is 0 Å². The molecule has 0 spiro atoms. The van der Waals surface area contributed by atoms with Crippen LogP contribution in [-0.2, 0) is 9.53 Å². The lowest BCUT2D eigenvalue weighted by atomic mass is 10.0. The first-order chi connectivity index (χ1) is 8.52. The van der Waals surface area contributed by atoms with Crippen molar-refractivity contribution in [2.24, 2.45) is 0 Å². The minimum absolute atomic E-state index is 0.0590. The zero-order valence-corrected chi connectivity index (χ0v) is 12.2. The van der Waals surface area contributed by atoms with Crippen LogP contribution in [0.1, 0.15) is 42.1 Å². The Morgan fingerprint density at radius 3 is 2.56 bits per heavy atom. The molecule has 0 aromatic heterocycles. The molecule has 0 bridgehead atoms. The topological polar surface area (TPSA) is 43.4 Å². The van der Waals surface area contributed by atoms with E-state index in [0.717, 1.165) is 10.0 Å². The van der Waals surface area contributed by atoms with Crippen molar-refractivity contribution < 1.29 is 14.3 Å². The number of hydrogen-bond donors (Lipinski definition) is 0. The van der Waals surface area contributed by atoms with Crippen LogP contribution in [0.4, 0.5) is 0 Å². The molecule has 0 aliphatic carbocycles. The summed E-state index contributed by atoms with van der Waals surface area (Å²) in [5.41, 5.74) is 1.73. The molecular weight excluding hydrogens is 296 g/mol. The first-order valence-corrected chi connectivity index (χ1v) is 6.78. The monoisotopic (exact) mass is 312 g/mol. The van der Waals surface area contributed by atoms with E-state index < -0.39 is 0 Å². The summed E-state index contributed by atoms with van der Waals surface area (Å²) in [4.78, 5) is 23.0. The Morgan fingerprint density at radius 2 is 1.94 bits per heavy atom. The summed E-state index contributed by atoms with van der Waals surface area (Å²) in [7, 11) is 0. The molecule has 1 rings (SSSR count). The molecule has 0 aliphatic rings. The number of rotatable bonds is 6. The van der Waals surface area contributed by atoms with Crippen molar-refractivity contribution in [1.82, 2.24) is 0 Å². The van der Waals surface area contributed by atoms with Gasteiger partial charge in [0.05, 0.1) is 6.61 Å². The maximum atomic E-state index is 11.9. The lowest BCUT2D eigenvalue weighted by Gasteiger charge is -2.04. The molecule has 0 saturated heterocycles. The van der Waals surface area contributed by atoms with Crippen LogP contribution in [0.2, 0.25) is 0 Å². The smallest absolute Gasteiger partial charge is 0.305 e. The van der Waals surface area contributed by atoms with Gasteiger partial charge in [0.15, 0.2) is 5.78 Å². The van der Waals surface area contributed by atoms with E-state index in [1.165, 1.54) is 0 Å². The van der Waals surface area contributed by atoms with Crippen LogP contribution >= 0.6 is 15.9 Å². The van der Waals surface area contributed by atoms with Gasteiger partial charge in [-0.1, -0.05) is 15.9 Å². The minimum Gasteiger partial charge on any atom is -0.466 e.